The van der Waals surface area contributed by atoms with E-state index in [0.29, 0.717) is 13.1 Å². The molecule has 0 aromatic carbocycles. The summed E-state index contributed by atoms with van der Waals surface area (Å²) in [5.41, 5.74) is 0.233. The highest BCUT2D eigenvalue weighted by Gasteiger charge is 2.48. The van der Waals surface area contributed by atoms with Crippen molar-refractivity contribution in [3.8, 4) is 0 Å². The maximum absolute atomic E-state index is 11.1. The van der Waals surface area contributed by atoms with Crippen LogP contribution in [0.15, 0.2) is 0 Å². The summed E-state index contributed by atoms with van der Waals surface area (Å²) < 4.78 is 4.15. The second-order valence-electron chi connectivity index (χ2n) is 5.12. The van der Waals surface area contributed by atoms with Gasteiger partial charge < -0.3 is 14.5 Å². The van der Waals surface area contributed by atoms with E-state index < -0.39 is 0 Å². The van der Waals surface area contributed by atoms with E-state index >= 15 is 0 Å². The number of likely N-dealkylation sites (tertiary alicyclic amines) is 2. The molecule has 0 unspecified atom stereocenters. The minimum Gasteiger partial charge on any atom is -0.468 e. The average molecular weight is 270 g/mol. The number of carbonyl (C=O) groups is 3. The zero-order chi connectivity index (χ0) is 14.5. The molecule has 2 rings (SSSR count). The third-order valence-corrected chi connectivity index (χ3v) is 3.62. The highest BCUT2D eigenvalue weighted by molar-refractivity contribution is 5.75. The fourth-order valence-corrected chi connectivity index (χ4v) is 2.52. The van der Waals surface area contributed by atoms with Crippen LogP contribution in [0.1, 0.15) is 27.2 Å². The predicted molar refractivity (Wildman–Crippen MR) is 69.2 cm³/mol. The number of hydrogen-bond acceptors (Lipinski definition) is 4. The van der Waals surface area contributed by atoms with Gasteiger partial charge >= 0.3 is 0 Å². The summed E-state index contributed by atoms with van der Waals surface area (Å²) >= 11 is 0. The lowest BCUT2D eigenvalue weighted by atomic mass is 9.79. The Hall–Kier alpha value is -1.59. The van der Waals surface area contributed by atoms with Crippen LogP contribution in [0, 0.1) is 5.41 Å². The van der Waals surface area contributed by atoms with E-state index in [1.54, 1.807) is 20.8 Å². The number of carbonyl (C=O) groups excluding carboxylic acids is 3. The quantitative estimate of drug-likeness (QED) is 0.675. The molecule has 0 aliphatic carbocycles. The fraction of sp³-hybridized carbons (Fsp3) is 0.769. The van der Waals surface area contributed by atoms with Crippen molar-refractivity contribution in [2.45, 2.75) is 27.2 Å². The van der Waals surface area contributed by atoms with E-state index in [4.69, 9.17) is 0 Å². The van der Waals surface area contributed by atoms with E-state index in [9.17, 15) is 14.4 Å². The average Bonchev–Trinajstić information content (AvgIpc) is 2.73. The first-order chi connectivity index (χ1) is 8.94. The summed E-state index contributed by atoms with van der Waals surface area (Å²) in [6, 6.07) is 0. The maximum atomic E-state index is 11.1. The van der Waals surface area contributed by atoms with Gasteiger partial charge in [-0.25, -0.2) is 0 Å². The van der Waals surface area contributed by atoms with Crippen molar-refractivity contribution >= 4 is 18.3 Å². The van der Waals surface area contributed by atoms with Gasteiger partial charge in [-0.1, -0.05) is 0 Å². The van der Waals surface area contributed by atoms with Gasteiger partial charge in [-0.05, 0) is 13.3 Å². The third kappa shape index (κ3) is 3.94. The molecule has 0 atom stereocenters. The van der Waals surface area contributed by atoms with Crippen molar-refractivity contribution in [2.75, 3.05) is 32.8 Å². The van der Waals surface area contributed by atoms with Crippen LogP contribution in [-0.2, 0) is 19.1 Å². The Balaban J connectivity index is 0.000000312. The van der Waals surface area contributed by atoms with E-state index in [1.807, 2.05) is 9.80 Å². The van der Waals surface area contributed by atoms with E-state index in [2.05, 4.69) is 4.74 Å². The number of nitrogens with zero attached hydrogens (tertiary/aromatic N) is 2. The van der Waals surface area contributed by atoms with Crippen molar-refractivity contribution < 1.29 is 19.1 Å². The van der Waals surface area contributed by atoms with Crippen LogP contribution < -0.4 is 0 Å². The van der Waals surface area contributed by atoms with Gasteiger partial charge in [-0.3, -0.25) is 14.4 Å². The lowest BCUT2D eigenvalue weighted by Gasteiger charge is -2.47. The molecule has 2 saturated heterocycles. The summed E-state index contributed by atoms with van der Waals surface area (Å²) in [5.74, 6) is 0.306. The molecular weight excluding hydrogens is 248 g/mol. The first kappa shape index (κ1) is 15.5. The second kappa shape index (κ2) is 6.54. The summed E-state index contributed by atoms with van der Waals surface area (Å²) in [6.45, 7) is 9.26. The van der Waals surface area contributed by atoms with Crippen molar-refractivity contribution in [3.63, 3.8) is 0 Å². The van der Waals surface area contributed by atoms with Crippen molar-refractivity contribution in [1.29, 1.82) is 0 Å². The zero-order valence-corrected chi connectivity index (χ0v) is 11.8. The molecule has 0 N–H and O–H groups in total. The Morgan fingerprint density at radius 1 is 1.16 bits per heavy atom. The summed E-state index contributed by atoms with van der Waals surface area (Å²) in [5, 5.41) is 0. The van der Waals surface area contributed by atoms with Crippen molar-refractivity contribution in [1.82, 2.24) is 9.80 Å². The molecule has 0 aromatic heterocycles. The Morgan fingerprint density at radius 3 is 2.00 bits per heavy atom. The lowest BCUT2D eigenvalue weighted by Crippen LogP contribution is -2.59. The first-order valence-corrected chi connectivity index (χ1v) is 6.50. The van der Waals surface area contributed by atoms with E-state index in [-0.39, 0.29) is 17.2 Å². The summed E-state index contributed by atoms with van der Waals surface area (Å²) in [4.78, 5) is 35.1. The van der Waals surface area contributed by atoms with Gasteiger partial charge in [0.1, 0.15) is 0 Å². The van der Waals surface area contributed by atoms with Gasteiger partial charge in [0.2, 0.25) is 11.8 Å². The van der Waals surface area contributed by atoms with Gasteiger partial charge in [0.15, 0.2) is 0 Å². The zero-order valence-electron chi connectivity index (χ0n) is 11.8. The van der Waals surface area contributed by atoms with Crippen molar-refractivity contribution in [2.24, 2.45) is 5.41 Å². The smallest absolute Gasteiger partial charge is 0.293 e. The van der Waals surface area contributed by atoms with Gasteiger partial charge in [0, 0.05) is 45.4 Å². The molecule has 2 amide bonds. The molecule has 6 nitrogen and oxygen atoms in total. The van der Waals surface area contributed by atoms with Crippen LogP contribution in [0.2, 0.25) is 0 Å². The molecular formula is C13H22N2O4. The molecule has 2 aliphatic heterocycles. The van der Waals surface area contributed by atoms with E-state index in [0.717, 1.165) is 32.6 Å². The second-order valence-corrected chi connectivity index (χ2v) is 5.12. The maximum Gasteiger partial charge on any atom is 0.293 e. The van der Waals surface area contributed by atoms with Crippen LogP contribution in [0.25, 0.3) is 0 Å². The van der Waals surface area contributed by atoms with Gasteiger partial charge in [-0.2, -0.15) is 0 Å². The largest absolute Gasteiger partial charge is 0.468 e. The summed E-state index contributed by atoms with van der Waals surface area (Å²) in [7, 11) is 0. The number of hydrogen-bond donors (Lipinski definition) is 0. The lowest BCUT2D eigenvalue weighted by molar-refractivity contribution is -0.140. The molecule has 1 spiro atoms. The SMILES string of the molecule is CC(=O)N1CCC2(C1)CN(C(C)=O)C2.CCOC=O. The minimum absolute atomic E-state index is 0.150. The predicted octanol–water partition coefficient (Wildman–Crippen LogP) is 0.266. The van der Waals surface area contributed by atoms with Crippen LogP contribution >= 0.6 is 0 Å². The number of rotatable bonds is 2. The molecule has 0 bridgehead atoms. The highest BCUT2D eigenvalue weighted by atomic mass is 16.5. The molecule has 0 radical (unpaired) electrons. The monoisotopic (exact) mass is 270 g/mol. The standard InChI is InChI=1S/C10H16N2O2.C3H6O2/c1-8(13)11-4-3-10(5-11)6-12(7-10)9(2)14;1-2-5-3-4/h3-7H2,1-2H3;3H,2H2,1H3. The van der Waals surface area contributed by atoms with Crippen molar-refractivity contribution in [3.05, 3.63) is 0 Å². The summed E-state index contributed by atoms with van der Waals surface area (Å²) in [6.07, 6.45) is 1.05. The Labute approximate surface area is 113 Å². The molecule has 0 saturated carbocycles. The van der Waals surface area contributed by atoms with E-state index in [1.165, 1.54) is 0 Å². The Bertz CT molecular complexity index is 351. The Kier molecular flexibility index (Phi) is 5.32. The molecule has 0 aromatic rings. The fourth-order valence-electron chi connectivity index (χ4n) is 2.52. The molecule has 19 heavy (non-hydrogen) atoms. The van der Waals surface area contributed by atoms with Gasteiger partial charge in [0.05, 0.1) is 6.61 Å². The number of ether oxygens (including phenoxy) is 1. The topological polar surface area (TPSA) is 66.9 Å². The van der Waals surface area contributed by atoms with Crippen LogP contribution in [0.3, 0.4) is 0 Å². The first-order valence-electron chi connectivity index (χ1n) is 6.50. The molecule has 2 heterocycles. The molecule has 2 fully saturated rings. The minimum atomic E-state index is 0.150. The number of amides is 2. The molecule has 108 valence electrons. The molecule has 2 aliphatic rings. The molecule has 6 heteroatoms. The highest BCUT2D eigenvalue weighted by Crippen LogP contribution is 2.39. The normalized spacial score (nSPS) is 19.3. The van der Waals surface area contributed by atoms with Crippen LogP contribution in [-0.4, -0.2) is 60.9 Å². The van der Waals surface area contributed by atoms with Crippen LogP contribution in [0.4, 0.5) is 0 Å². The van der Waals surface area contributed by atoms with Crippen LogP contribution in [0.5, 0.6) is 0 Å². The Morgan fingerprint density at radius 2 is 1.68 bits per heavy atom. The third-order valence-electron chi connectivity index (χ3n) is 3.62. The van der Waals surface area contributed by atoms with Gasteiger partial charge in [-0.15, -0.1) is 0 Å². The van der Waals surface area contributed by atoms with Gasteiger partial charge in [0.25, 0.3) is 6.47 Å².